The smallest absolute Gasteiger partial charge is 0.339 e. The number of rotatable bonds is 1. The predicted molar refractivity (Wildman–Crippen MR) is 53.3 cm³/mol. The topological polar surface area (TPSA) is 56.3 Å². The third kappa shape index (κ3) is 1.79. The van der Waals surface area contributed by atoms with Gasteiger partial charge in [-0.3, -0.25) is 9.78 Å². The predicted octanol–water partition coefficient (Wildman–Crippen LogP) is 1.01. The fourth-order valence-electron chi connectivity index (χ4n) is 1.46. The van der Waals surface area contributed by atoms with Crippen molar-refractivity contribution in [2.45, 2.75) is 6.42 Å². The van der Waals surface area contributed by atoms with Crippen molar-refractivity contribution in [1.82, 2.24) is 4.98 Å². The highest BCUT2D eigenvalue weighted by Gasteiger charge is 2.14. The monoisotopic (exact) mass is 203 g/mol. The van der Waals surface area contributed by atoms with Gasteiger partial charge in [0.1, 0.15) is 0 Å². The van der Waals surface area contributed by atoms with Crippen LogP contribution in [-0.2, 0) is 16.0 Å². The summed E-state index contributed by atoms with van der Waals surface area (Å²) in [5.74, 6) is -0.418. The number of methoxy groups -OCH3 is 1. The van der Waals surface area contributed by atoms with Crippen LogP contribution in [0.15, 0.2) is 18.3 Å². The standard InChI is InChI=1S/C11H9NO3/c1-15-11(14)8-4-7-5-9(13)2-3-10(7)12-6-8/h2-4,6H,5H2,1H3. The zero-order valence-corrected chi connectivity index (χ0v) is 8.19. The van der Waals surface area contributed by atoms with E-state index in [1.807, 2.05) is 0 Å². The molecule has 0 fully saturated rings. The van der Waals surface area contributed by atoms with E-state index in [4.69, 9.17) is 0 Å². The number of fused-ring (bicyclic) bond motifs is 1. The largest absolute Gasteiger partial charge is 0.465 e. The first-order chi connectivity index (χ1) is 7.20. The number of nitrogens with zero attached hydrogens (tertiary/aromatic N) is 1. The lowest BCUT2D eigenvalue weighted by atomic mass is 10.00. The van der Waals surface area contributed by atoms with E-state index in [0.29, 0.717) is 12.0 Å². The Morgan fingerprint density at radius 3 is 3.00 bits per heavy atom. The van der Waals surface area contributed by atoms with Crippen LogP contribution in [0.3, 0.4) is 0 Å². The number of pyridine rings is 1. The second-order valence-corrected chi connectivity index (χ2v) is 3.24. The highest BCUT2D eigenvalue weighted by atomic mass is 16.5. The minimum Gasteiger partial charge on any atom is -0.465 e. The number of carbonyl (C=O) groups is 2. The van der Waals surface area contributed by atoms with Gasteiger partial charge >= 0.3 is 5.97 Å². The van der Waals surface area contributed by atoms with Gasteiger partial charge < -0.3 is 4.74 Å². The van der Waals surface area contributed by atoms with Gasteiger partial charge in [0.15, 0.2) is 5.78 Å². The Bertz CT molecular complexity index is 463. The molecule has 4 nitrogen and oxygen atoms in total. The van der Waals surface area contributed by atoms with E-state index >= 15 is 0 Å². The first kappa shape index (κ1) is 9.58. The maximum atomic E-state index is 11.2. The molecule has 0 saturated heterocycles. The number of allylic oxidation sites excluding steroid dienone is 1. The van der Waals surface area contributed by atoms with E-state index in [9.17, 15) is 9.59 Å². The summed E-state index contributed by atoms with van der Waals surface area (Å²) in [6.45, 7) is 0. The highest BCUT2D eigenvalue weighted by molar-refractivity contribution is 5.98. The summed E-state index contributed by atoms with van der Waals surface area (Å²) >= 11 is 0. The number of ketones is 1. The molecule has 2 rings (SSSR count). The molecule has 0 aromatic carbocycles. The summed E-state index contributed by atoms with van der Waals surface area (Å²) in [5.41, 5.74) is 1.88. The van der Waals surface area contributed by atoms with Crippen LogP contribution in [0.5, 0.6) is 0 Å². The van der Waals surface area contributed by atoms with Crippen molar-refractivity contribution in [2.24, 2.45) is 0 Å². The van der Waals surface area contributed by atoms with Crippen molar-refractivity contribution in [1.29, 1.82) is 0 Å². The van der Waals surface area contributed by atoms with E-state index in [0.717, 1.165) is 11.3 Å². The molecule has 0 spiro atoms. The van der Waals surface area contributed by atoms with Gasteiger partial charge in [-0.15, -0.1) is 0 Å². The molecule has 0 amide bonds. The molecule has 4 heteroatoms. The lowest BCUT2D eigenvalue weighted by Crippen LogP contribution is -2.10. The molecule has 1 aromatic rings. The molecule has 1 aromatic heterocycles. The number of ether oxygens (including phenoxy) is 1. The molecular weight excluding hydrogens is 194 g/mol. The fourth-order valence-corrected chi connectivity index (χ4v) is 1.46. The minimum atomic E-state index is -0.438. The molecule has 0 atom stereocenters. The number of hydrogen-bond acceptors (Lipinski definition) is 4. The second kappa shape index (κ2) is 3.65. The van der Waals surface area contributed by atoms with Gasteiger partial charge in [-0.25, -0.2) is 4.79 Å². The Morgan fingerprint density at radius 2 is 2.27 bits per heavy atom. The number of hydrogen-bond donors (Lipinski definition) is 0. The average Bonchev–Trinajstić information content (AvgIpc) is 2.27. The van der Waals surface area contributed by atoms with E-state index < -0.39 is 5.97 Å². The number of carbonyl (C=O) groups excluding carboxylic acids is 2. The van der Waals surface area contributed by atoms with E-state index in [-0.39, 0.29) is 5.78 Å². The van der Waals surface area contributed by atoms with Crippen LogP contribution in [0.4, 0.5) is 0 Å². The Morgan fingerprint density at radius 1 is 1.47 bits per heavy atom. The van der Waals surface area contributed by atoms with Crippen molar-refractivity contribution in [3.8, 4) is 0 Å². The van der Waals surface area contributed by atoms with Gasteiger partial charge in [-0.1, -0.05) is 0 Å². The minimum absolute atomic E-state index is 0.0197. The van der Waals surface area contributed by atoms with Gasteiger partial charge in [0, 0.05) is 12.6 Å². The maximum Gasteiger partial charge on any atom is 0.339 e. The van der Waals surface area contributed by atoms with Crippen LogP contribution in [-0.4, -0.2) is 23.8 Å². The second-order valence-electron chi connectivity index (χ2n) is 3.24. The highest BCUT2D eigenvalue weighted by Crippen LogP contribution is 2.16. The van der Waals surface area contributed by atoms with E-state index in [2.05, 4.69) is 9.72 Å². The quantitative estimate of drug-likeness (QED) is 0.639. The summed E-state index contributed by atoms with van der Waals surface area (Å²) < 4.78 is 4.57. The van der Waals surface area contributed by atoms with Gasteiger partial charge in [0.25, 0.3) is 0 Å². The average molecular weight is 203 g/mol. The SMILES string of the molecule is COC(=O)c1cnc2c(c1)CC(=O)C=C2. The third-order valence-corrected chi connectivity index (χ3v) is 2.21. The van der Waals surface area contributed by atoms with Gasteiger partial charge in [-0.2, -0.15) is 0 Å². The van der Waals surface area contributed by atoms with Gasteiger partial charge in [0.05, 0.1) is 18.4 Å². The molecule has 15 heavy (non-hydrogen) atoms. The maximum absolute atomic E-state index is 11.2. The molecule has 0 saturated carbocycles. The van der Waals surface area contributed by atoms with Crippen molar-refractivity contribution in [2.75, 3.05) is 7.11 Å². The van der Waals surface area contributed by atoms with Gasteiger partial charge in [0.2, 0.25) is 0 Å². The molecule has 0 aliphatic heterocycles. The molecule has 76 valence electrons. The number of esters is 1. The van der Waals surface area contributed by atoms with Crippen LogP contribution >= 0.6 is 0 Å². The van der Waals surface area contributed by atoms with E-state index in [1.165, 1.54) is 19.4 Å². The molecule has 0 N–H and O–H groups in total. The zero-order valence-electron chi connectivity index (χ0n) is 8.19. The van der Waals surface area contributed by atoms with Crippen molar-refractivity contribution in [3.63, 3.8) is 0 Å². The van der Waals surface area contributed by atoms with Gasteiger partial charge in [-0.05, 0) is 23.8 Å². The third-order valence-electron chi connectivity index (χ3n) is 2.21. The van der Waals surface area contributed by atoms with Crippen molar-refractivity contribution in [3.05, 3.63) is 35.2 Å². The van der Waals surface area contributed by atoms with Crippen LogP contribution in [0, 0.1) is 0 Å². The fraction of sp³-hybridized carbons (Fsp3) is 0.182. The lowest BCUT2D eigenvalue weighted by molar-refractivity contribution is -0.114. The molecular formula is C11H9NO3. The van der Waals surface area contributed by atoms with Crippen LogP contribution in [0.2, 0.25) is 0 Å². The summed E-state index contributed by atoms with van der Waals surface area (Å²) in [6.07, 6.45) is 4.89. The molecule has 1 aliphatic carbocycles. The Labute approximate surface area is 86.6 Å². The number of aromatic nitrogens is 1. The first-order valence-electron chi connectivity index (χ1n) is 4.49. The first-order valence-corrected chi connectivity index (χ1v) is 4.49. The van der Waals surface area contributed by atoms with Crippen molar-refractivity contribution >= 4 is 17.8 Å². The Kier molecular flexibility index (Phi) is 2.33. The van der Waals surface area contributed by atoms with E-state index in [1.54, 1.807) is 12.1 Å². The summed E-state index contributed by atoms with van der Waals surface area (Å²) in [7, 11) is 1.31. The van der Waals surface area contributed by atoms with Crippen LogP contribution in [0.1, 0.15) is 21.6 Å². The summed E-state index contributed by atoms with van der Waals surface area (Å²) in [4.78, 5) is 26.4. The summed E-state index contributed by atoms with van der Waals surface area (Å²) in [6, 6.07) is 1.65. The Hall–Kier alpha value is -1.97. The van der Waals surface area contributed by atoms with Crippen molar-refractivity contribution < 1.29 is 14.3 Å². The van der Waals surface area contributed by atoms with Crippen LogP contribution < -0.4 is 0 Å². The molecule has 1 aliphatic rings. The summed E-state index contributed by atoms with van der Waals surface area (Å²) in [5, 5.41) is 0. The molecule has 0 bridgehead atoms. The molecule has 0 unspecified atom stereocenters. The normalized spacial score (nSPS) is 13.5. The zero-order chi connectivity index (χ0) is 10.8. The van der Waals surface area contributed by atoms with Crippen LogP contribution in [0.25, 0.3) is 6.08 Å². The molecule has 0 radical (unpaired) electrons. The molecule has 1 heterocycles. The lowest BCUT2D eigenvalue weighted by Gasteiger charge is -2.09. The Balaban J connectivity index is 2.42.